The Labute approximate surface area is 116 Å². The molecule has 0 radical (unpaired) electrons. The Kier molecular flexibility index (Phi) is 8.07. The maximum atomic E-state index is 3.81. The Morgan fingerprint density at radius 3 is 2.56 bits per heavy atom. The first-order valence-electron chi connectivity index (χ1n) is 6.42. The second-order valence-corrected chi connectivity index (χ2v) is 5.36. The van der Waals surface area contributed by atoms with Crippen molar-refractivity contribution in [1.82, 2.24) is 0 Å². The Balaban J connectivity index is 2.07. The molecule has 18 heavy (non-hydrogen) atoms. The van der Waals surface area contributed by atoms with Crippen molar-refractivity contribution >= 4 is 11.8 Å². The van der Waals surface area contributed by atoms with Gasteiger partial charge in [-0.1, -0.05) is 61.7 Å². The minimum Gasteiger partial charge on any atom is -0.162 e. The van der Waals surface area contributed by atoms with E-state index in [0.29, 0.717) is 0 Å². The molecule has 0 atom stereocenters. The number of rotatable bonds is 9. The van der Waals surface area contributed by atoms with Crippen LogP contribution in [0.5, 0.6) is 0 Å². The minimum absolute atomic E-state index is 1.09. The van der Waals surface area contributed by atoms with Gasteiger partial charge in [0.2, 0.25) is 0 Å². The van der Waals surface area contributed by atoms with Crippen LogP contribution >= 0.6 is 11.8 Å². The number of aryl methyl sites for hydroxylation is 1. The van der Waals surface area contributed by atoms with E-state index in [9.17, 15) is 0 Å². The Morgan fingerprint density at radius 1 is 1.11 bits per heavy atom. The molecule has 96 valence electrons. The first kappa shape index (κ1) is 14.8. The number of hydrogen-bond acceptors (Lipinski definition) is 1. The topological polar surface area (TPSA) is 0 Å². The van der Waals surface area contributed by atoms with Crippen molar-refractivity contribution < 1.29 is 0 Å². The molecule has 0 aliphatic heterocycles. The zero-order valence-corrected chi connectivity index (χ0v) is 11.8. The highest BCUT2D eigenvalue weighted by atomic mass is 32.2. The Morgan fingerprint density at radius 2 is 1.89 bits per heavy atom. The van der Waals surface area contributed by atoms with Crippen LogP contribution < -0.4 is 0 Å². The van der Waals surface area contributed by atoms with Gasteiger partial charge in [0.25, 0.3) is 0 Å². The van der Waals surface area contributed by atoms with Crippen molar-refractivity contribution in [3.8, 4) is 0 Å². The van der Waals surface area contributed by atoms with Gasteiger partial charge in [-0.15, -0.1) is 0 Å². The van der Waals surface area contributed by atoms with Crippen LogP contribution in [-0.4, -0.2) is 11.5 Å². The van der Waals surface area contributed by atoms with E-state index in [1.165, 1.54) is 35.5 Å². The average molecular weight is 258 g/mol. The van der Waals surface area contributed by atoms with Gasteiger partial charge in [-0.25, -0.2) is 0 Å². The standard InChI is InChI=1S/C17H22S/c1-3-9-16(4-2)13-15-18-14-8-12-17-10-6-5-7-11-17/h3-7,9-11H,1-2,8,12-15H2/b16-9+. The SMILES string of the molecule is C=C/C=C(\C=C)CCSCCCc1ccccc1. The summed E-state index contributed by atoms with van der Waals surface area (Å²) in [4.78, 5) is 0. The van der Waals surface area contributed by atoms with Crippen LogP contribution in [0.1, 0.15) is 18.4 Å². The molecule has 0 spiro atoms. The molecule has 0 heterocycles. The zero-order chi connectivity index (χ0) is 13.1. The van der Waals surface area contributed by atoms with E-state index in [4.69, 9.17) is 0 Å². The van der Waals surface area contributed by atoms with Crippen LogP contribution in [-0.2, 0) is 6.42 Å². The van der Waals surface area contributed by atoms with Gasteiger partial charge in [0.05, 0.1) is 0 Å². The third-order valence-corrected chi connectivity index (χ3v) is 3.80. The first-order valence-corrected chi connectivity index (χ1v) is 7.58. The molecule has 0 aliphatic rings. The van der Waals surface area contributed by atoms with Crippen LogP contribution in [0.15, 0.2) is 67.3 Å². The van der Waals surface area contributed by atoms with Gasteiger partial charge < -0.3 is 0 Å². The van der Waals surface area contributed by atoms with E-state index < -0.39 is 0 Å². The second kappa shape index (κ2) is 9.78. The smallest absolute Gasteiger partial charge is 0.00270 e. The van der Waals surface area contributed by atoms with Crippen molar-refractivity contribution in [2.75, 3.05) is 11.5 Å². The highest BCUT2D eigenvalue weighted by Gasteiger charge is 1.95. The summed E-state index contributed by atoms with van der Waals surface area (Å²) in [5, 5.41) is 0. The summed E-state index contributed by atoms with van der Waals surface area (Å²) in [7, 11) is 0. The van der Waals surface area contributed by atoms with Crippen LogP contribution in [0, 0.1) is 0 Å². The molecule has 0 amide bonds. The van der Waals surface area contributed by atoms with E-state index in [2.05, 4.69) is 43.5 Å². The van der Waals surface area contributed by atoms with Gasteiger partial charge in [-0.2, -0.15) is 11.8 Å². The third kappa shape index (κ3) is 6.51. The number of hydrogen-bond donors (Lipinski definition) is 0. The summed E-state index contributed by atoms with van der Waals surface area (Å²) in [6, 6.07) is 10.7. The van der Waals surface area contributed by atoms with Crippen molar-refractivity contribution in [2.24, 2.45) is 0 Å². The third-order valence-electron chi connectivity index (χ3n) is 2.73. The molecular weight excluding hydrogens is 236 g/mol. The van der Waals surface area contributed by atoms with Crippen LogP contribution in [0.2, 0.25) is 0 Å². The quantitative estimate of drug-likeness (QED) is 0.441. The van der Waals surface area contributed by atoms with Crippen molar-refractivity contribution in [1.29, 1.82) is 0 Å². The lowest BCUT2D eigenvalue weighted by Gasteiger charge is -2.03. The number of allylic oxidation sites excluding steroid dienone is 4. The fourth-order valence-electron chi connectivity index (χ4n) is 1.72. The molecule has 0 fully saturated rings. The van der Waals surface area contributed by atoms with Crippen LogP contribution in [0.4, 0.5) is 0 Å². The van der Waals surface area contributed by atoms with Crippen molar-refractivity contribution in [3.05, 3.63) is 72.9 Å². The molecule has 1 rings (SSSR count). The first-order chi connectivity index (χ1) is 8.86. The molecule has 0 saturated heterocycles. The van der Waals surface area contributed by atoms with Crippen LogP contribution in [0.25, 0.3) is 0 Å². The van der Waals surface area contributed by atoms with Crippen molar-refractivity contribution in [3.63, 3.8) is 0 Å². The minimum atomic E-state index is 1.09. The fraction of sp³-hybridized carbons (Fsp3) is 0.294. The van der Waals surface area contributed by atoms with Gasteiger partial charge >= 0.3 is 0 Å². The molecular formula is C17H22S. The molecule has 0 nitrogen and oxygen atoms in total. The van der Waals surface area contributed by atoms with Gasteiger partial charge in [-0.05, 0) is 41.9 Å². The lowest BCUT2D eigenvalue weighted by Crippen LogP contribution is -1.90. The largest absolute Gasteiger partial charge is 0.162 e. The van der Waals surface area contributed by atoms with Crippen LogP contribution in [0.3, 0.4) is 0 Å². The van der Waals surface area contributed by atoms with E-state index >= 15 is 0 Å². The zero-order valence-electron chi connectivity index (χ0n) is 11.0. The average Bonchev–Trinajstić information content (AvgIpc) is 2.42. The maximum absolute atomic E-state index is 3.81. The van der Waals surface area contributed by atoms with E-state index in [-0.39, 0.29) is 0 Å². The van der Waals surface area contributed by atoms with E-state index in [1.807, 2.05) is 30.0 Å². The summed E-state index contributed by atoms with van der Waals surface area (Å²) in [5.41, 5.74) is 2.72. The highest BCUT2D eigenvalue weighted by Crippen LogP contribution is 2.12. The summed E-state index contributed by atoms with van der Waals surface area (Å²) < 4.78 is 0. The summed E-state index contributed by atoms with van der Waals surface area (Å²) in [6.45, 7) is 7.52. The lowest BCUT2D eigenvalue weighted by molar-refractivity contribution is 0.932. The summed E-state index contributed by atoms with van der Waals surface area (Å²) in [5.74, 6) is 2.40. The monoisotopic (exact) mass is 258 g/mol. The maximum Gasteiger partial charge on any atom is -0.00270 e. The highest BCUT2D eigenvalue weighted by molar-refractivity contribution is 7.99. The predicted molar refractivity (Wildman–Crippen MR) is 85.2 cm³/mol. The van der Waals surface area contributed by atoms with E-state index in [0.717, 1.165) is 6.42 Å². The molecule has 1 aromatic carbocycles. The van der Waals surface area contributed by atoms with Gasteiger partial charge in [0, 0.05) is 0 Å². The fourth-order valence-corrected chi connectivity index (χ4v) is 2.65. The molecule has 0 aromatic heterocycles. The Bertz CT molecular complexity index is 376. The number of thioether (sulfide) groups is 1. The second-order valence-electron chi connectivity index (χ2n) is 4.13. The molecule has 1 heteroatoms. The molecule has 0 saturated carbocycles. The summed E-state index contributed by atoms with van der Waals surface area (Å²) >= 11 is 2.02. The van der Waals surface area contributed by atoms with Gasteiger partial charge in [-0.3, -0.25) is 0 Å². The number of benzene rings is 1. The predicted octanol–water partition coefficient (Wildman–Crippen LogP) is 5.04. The lowest BCUT2D eigenvalue weighted by atomic mass is 10.1. The molecule has 0 unspecified atom stereocenters. The normalized spacial score (nSPS) is 11.2. The molecule has 0 N–H and O–H groups in total. The molecule has 0 aliphatic carbocycles. The Hall–Kier alpha value is -1.21. The summed E-state index contributed by atoms with van der Waals surface area (Å²) in [6.07, 6.45) is 9.32. The van der Waals surface area contributed by atoms with Gasteiger partial charge in [0.1, 0.15) is 0 Å². The molecule has 1 aromatic rings. The van der Waals surface area contributed by atoms with E-state index in [1.54, 1.807) is 0 Å². The van der Waals surface area contributed by atoms with Gasteiger partial charge in [0.15, 0.2) is 0 Å². The van der Waals surface area contributed by atoms with Crippen molar-refractivity contribution in [2.45, 2.75) is 19.3 Å². The molecule has 0 bridgehead atoms.